The zero-order chi connectivity index (χ0) is 27.9. The van der Waals surface area contributed by atoms with Gasteiger partial charge in [-0.15, -0.1) is 0 Å². The molecule has 9 nitrogen and oxygen atoms in total. The second-order valence-corrected chi connectivity index (χ2v) is 11.0. The number of nitrogens with one attached hydrogen (secondary N) is 2. The average molecular weight is 546 g/mol. The topological polar surface area (TPSA) is 106 Å². The highest BCUT2D eigenvalue weighted by atomic mass is 16.5. The van der Waals surface area contributed by atoms with Crippen molar-refractivity contribution >= 4 is 23.4 Å². The number of hydrogen-bond acceptors (Lipinski definition) is 6. The Morgan fingerprint density at radius 3 is 2.60 bits per heavy atom. The van der Waals surface area contributed by atoms with Gasteiger partial charge >= 0.3 is 0 Å². The van der Waals surface area contributed by atoms with Crippen molar-refractivity contribution in [2.45, 2.75) is 62.4 Å². The lowest BCUT2D eigenvalue weighted by Gasteiger charge is -2.34. The van der Waals surface area contributed by atoms with Crippen LogP contribution in [0.1, 0.15) is 37.7 Å². The summed E-state index contributed by atoms with van der Waals surface area (Å²) < 4.78 is 17.3. The van der Waals surface area contributed by atoms with Crippen molar-refractivity contribution in [3.8, 4) is 11.5 Å². The van der Waals surface area contributed by atoms with E-state index in [0.29, 0.717) is 17.2 Å². The van der Waals surface area contributed by atoms with Crippen LogP contribution in [0.15, 0.2) is 60.7 Å². The van der Waals surface area contributed by atoms with Gasteiger partial charge in [0.1, 0.15) is 23.1 Å². The number of likely N-dealkylation sites (tertiary alicyclic amines) is 1. The minimum atomic E-state index is -1.22. The molecule has 2 bridgehead atoms. The van der Waals surface area contributed by atoms with Crippen molar-refractivity contribution in [1.82, 2.24) is 10.2 Å². The highest BCUT2D eigenvalue weighted by Gasteiger charge is 2.72. The van der Waals surface area contributed by atoms with Crippen molar-refractivity contribution < 1.29 is 28.6 Å². The minimum Gasteiger partial charge on any atom is -0.497 e. The molecule has 5 atom stereocenters. The molecule has 1 saturated carbocycles. The molecular weight excluding hydrogens is 510 g/mol. The molecule has 0 radical (unpaired) electrons. The number of nitrogens with zero attached hydrogens (tertiary/aromatic N) is 1. The van der Waals surface area contributed by atoms with E-state index in [2.05, 4.69) is 10.6 Å². The second-order valence-electron chi connectivity index (χ2n) is 11.0. The quantitative estimate of drug-likeness (QED) is 0.493. The van der Waals surface area contributed by atoms with Crippen LogP contribution in [-0.2, 0) is 25.7 Å². The SMILES string of the molecule is COc1cccc(NC(=O)C2[C@H]3C=CC4(O3)C(C(=O)NC3CCCCC3)N(Cc3ccccc3OC)C(=O)[C@@H]24)c1. The molecule has 3 aliphatic heterocycles. The lowest BCUT2D eigenvalue weighted by Crippen LogP contribution is -2.56. The Balaban J connectivity index is 1.33. The largest absolute Gasteiger partial charge is 0.497 e. The number of methoxy groups -OCH3 is 2. The van der Waals surface area contributed by atoms with E-state index in [4.69, 9.17) is 14.2 Å². The molecule has 3 fully saturated rings. The van der Waals surface area contributed by atoms with Crippen LogP contribution in [0, 0.1) is 11.8 Å². The van der Waals surface area contributed by atoms with Crippen molar-refractivity contribution in [2.24, 2.45) is 11.8 Å². The zero-order valence-corrected chi connectivity index (χ0v) is 22.8. The van der Waals surface area contributed by atoms with Crippen molar-refractivity contribution in [1.29, 1.82) is 0 Å². The van der Waals surface area contributed by atoms with Gasteiger partial charge < -0.3 is 29.7 Å². The van der Waals surface area contributed by atoms with E-state index in [9.17, 15) is 14.4 Å². The van der Waals surface area contributed by atoms with Gasteiger partial charge in [0.15, 0.2) is 0 Å². The number of amides is 3. The Bertz CT molecular complexity index is 1340. The number of benzene rings is 2. The lowest BCUT2D eigenvalue weighted by molar-refractivity contribution is -0.142. The number of carbonyl (C=O) groups excluding carboxylic acids is 3. The van der Waals surface area contributed by atoms with Gasteiger partial charge in [-0.3, -0.25) is 14.4 Å². The number of rotatable bonds is 8. The molecule has 2 N–H and O–H groups in total. The molecule has 40 heavy (non-hydrogen) atoms. The molecule has 6 rings (SSSR count). The summed E-state index contributed by atoms with van der Waals surface area (Å²) in [6, 6.07) is 13.7. The number of fused-ring (bicyclic) bond motifs is 1. The number of carbonyl (C=O) groups is 3. The van der Waals surface area contributed by atoms with E-state index in [1.165, 1.54) is 0 Å². The van der Waals surface area contributed by atoms with Crippen LogP contribution in [0.5, 0.6) is 11.5 Å². The van der Waals surface area contributed by atoms with E-state index in [1.54, 1.807) is 43.4 Å². The maximum absolute atomic E-state index is 14.2. The molecule has 0 aromatic heterocycles. The third kappa shape index (κ3) is 4.42. The van der Waals surface area contributed by atoms with Gasteiger partial charge in [0.25, 0.3) is 0 Å². The minimum absolute atomic E-state index is 0.0645. The van der Waals surface area contributed by atoms with Crippen molar-refractivity contribution in [3.63, 3.8) is 0 Å². The molecule has 4 aliphatic rings. The predicted octanol–water partition coefficient (Wildman–Crippen LogP) is 3.44. The number of ether oxygens (including phenoxy) is 3. The molecule has 2 aromatic rings. The third-order valence-electron chi connectivity index (χ3n) is 8.75. The first kappa shape index (κ1) is 26.4. The number of hydrogen-bond donors (Lipinski definition) is 2. The van der Waals surface area contributed by atoms with Crippen LogP contribution < -0.4 is 20.1 Å². The molecule has 2 saturated heterocycles. The monoisotopic (exact) mass is 545 g/mol. The maximum Gasteiger partial charge on any atom is 0.246 e. The van der Waals surface area contributed by atoms with Gasteiger partial charge in [-0.2, -0.15) is 0 Å². The van der Waals surface area contributed by atoms with E-state index in [-0.39, 0.29) is 30.3 Å². The molecule has 2 aromatic carbocycles. The molecule has 3 amide bonds. The summed E-state index contributed by atoms with van der Waals surface area (Å²) >= 11 is 0. The first-order chi connectivity index (χ1) is 19.4. The van der Waals surface area contributed by atoms with Gasteiger partial charge in [0, 0.05) is 23.4 Å². The fourth-order valence-electron chi connectivity index (χ4n) is 6.91. The molecule has 3 unspecified atom stereocenters. The number of para-hydroxylation sites is 1. The summed E-state index contributed by atoms with van der Waals surface area (Å²) in [5.74, 6) is -1.21. The van der Waals surface area contributed by atoms with Gasteiger partial charge in [-0.1, -0.05) is 55.7 Å². The van der Waals surface area contributed by atoms with Crippen molar-refractivity contribution in [2.75, 3.05) is 19.5 Å². The fraction of sp³-hybridized carbons (Fsp3) is 0.452. The average Bonchev–Trinajstić information content (AvgIpc) is 3.61. The third-order valence-corrected chi connectivity index (χ3v) is 8.75. The number of anilines is 1. The molecule has 3 heterocycles. The van der Waals surface area contributed by atoms with E-state index < -0.39 is 29.6 Å². The van der Waals surface area contributed by atoms with Crippen LogP contribution in [-0.4, -0.2) is 60.6 Å². The summed E-state index contributed by atoms with van der Waals surface area (Å²) in [5.41, 5.74) is 0.119. The van der Waals surface area contributed by atoms with Crippen LogP contribution in [0.25, 0.3) is 0 Å². The smallest absolute Gasteiger partial charge is 0.246 e. The lowest BCUT2D eigenvalue weighted by atomic mass is 9.74. The summed E-state index contributed by atoms with van der Waals surface area (Å²) in [4.78, 5) is 43.5. The van der Waals surface area contributed by atoms with Gasteiger partial charge in [0.05, 0.1) is 38.7 Å². The Hall–Kier alpha value is -3.85. The zero-order valence-electron chi connectivity index (χ0n) is 22.8. The van der Waals surface area contributed by atoms with Crippen LogP contribution in [0.3, 0.4) is 0 Å². The summed E-state index contributed by atoms with van der Waals surface area (Å²) in [6.45, 7) is 0.163. The highest BCUT2D eigenvalue weighted by Crippen LogP contribution is 2.55. The normalized spacial score (nSPS) is 28.9. The Kier molecular flexibility index (Phi) is 7.00. The summed E-state index contributed by atoms with van der Waals surface area (Å²) in [7, 11) is 3.14. The Morgan fingerprint density at radius 2 is 1.82 bits per heavy atom. The first-order valence-corrected chi connectivity index (χ1v) is 14.0. The van der Waals surface area contributed by atoms with Crippen LogP contribution >= 0.6 is 0 Å². The standard InChI is InChI=1S/C31H35N3O6/c1-38-22-13-8-12-21(17-22)33-28(35)25-24-15-16-31(40-24)26(25)30(37)34(18-19-9-6-7-14-23(19)39-2)27(31)29(36)32-20-10-4-3-5-11-20/h6-9,12-17,20,24-27H,3-5,10-11,18H2,1-2H3,(H,32,36)(H,33,35)/t24-,25?,26-,27?,31?/m1/s1. The molecular formula is C31H35N3O6. The van der Waals surface area contributed by atoms with Crippen LogP contribution in [0.2, 0.25) is 0 Å². The van der Waals surface area contributed by atoms with E-state index >= 15 is 0 Å². The molecule has 1 spiro atoms. The Morgan fingerprint density at radius 1 is 1.02 bits per heavy atom. The van der Waals surface area contributed by atoms with Crippen molar-refractivity contribution in [3.05, 3.63) is 66.2 Å². The summed E-state index contributed by atoms with van der Waals surface area (Å²) in [5, 5.41) is 6.16. The van der Waals surface area contributed by atoms with Gasteiger partial charge in [-0.05, 0) is 31.0 Å². The van der Waals surface area contributed by atoms with Gasteiger partial charge in [0.2, 0.25) is 17.7 Å². The Labute approximate surface area is 233 Å². The maximum atomic E-state index is 14.2. The highest BCUT2D eigenvalue weighted by molar-refractivity contribution is 6.02. The summed E-state index contributed by atoms with van der Waals surface area (Å²) in [6.07, 6.45) is 8.20. The van der Waals surface area contributed by atoms with Gasteiger partial charge in [-0.25, -0.2) is 0 Å². The van der Waals surface area contributed by atoms with E-state index in [1.807, 2.05) is 36.4 Å². The first-order valence-electron chi connectivity index (χ1n) is 14.0. The van der Waals surface area contributed by atoms with E-state index in [0.717, 1.165) is 37.7 Å². The van der Waals surface area contributed by atoms with Crippen LogP contribution in [0.4, 0.5) is 5.69 Å². The molecule has 210 valence electrons. The second kappa shape index (κ2) is 10.6. The molecule has 1 aliphatic carbocycles. The fourth-order valence-corrected chi connectivity index (χ4v) is 6.91. The predicted molar refractivity (Wildman–Crippen MR) is 148 cm³/mol. The molecule has 9 heteroatoms.